The first kappa shape index (κ1) is 13.9. The van der Waals surface area contributed by atoms with Gasteiger partial charge in [0.1, 0.15) is 5.75 Å². The summed E-state index contributed by atoms with van der Waals surface area (Å²) in [4.78, 5) is 0. The third-order valence-corrected chi connectivity index (χ3v) is 4.54. The van der Waals surface area contributed by atoms with Gasteiger partial charge in [-0.3, -0.25) is 0 Å². The zero-order chi connectivity index (χ0) is 13.8. The van der Waals surface area contributed by atoms with Crippen LogP contribution in [-0.2, 0) is 4.74 Å². The molecule has 3 atom stereocenters. The summed E-state index contributed by atoms with van der Waals surface area (Å²) in [5.74, 6) is 2.27. The lowest BCUT2D eigenvalue weighted by molar-refractivity contribution is 0.163. The highest BCUT2D eigenvalue weighted by molar-refractivity contribution is 5.38. The molecule has 3 rings (SSSR count). The molecule has 1 aromatic rings. The molecule has 0 aromatic heterocycles. The summed E-state index contributed by atoms with van der Waals surface area (Å²) >= 11 is 0. The van der Waals surface area contributed by atoms with Crippen LogP contribution in [0.5, 0.6) is 5.75 Å². The van der Waals surface area contributed by atoms with Gasteiger partial charge >= 0.3 is 0 Å². The summed E-state index contributed by atoms with van der Waals surface area (Å²) in [6.07, 6.45) is 3.46. The summed E-state index contributed by atoms with van der Waals surface area (Å²) in [5.41, 5.74) is 1.37. The van der Waals surface area contributed by atoms with Gasteiger partial charge in [0, 0.05) is 24.5 Å². The van der Waals surface area contributed by atoms with E-state index in [0.717, 1.165) is 38.5 Å². The molecule has 2 heterocycles. The Hall–Kier alpha value is -1.06. The third-order valence-electron chi connectivity index (χ3n) is 4.54. The molecule has 0 radical (unpaired) electrons. The van der Waals surface area contributed by atoms with Gasteiger partial charge in [-0.2, -0.15) is 0 Å². The van der Waals surface area contributed by atoms with Crippen LogP contribution in [-0.4, -0.2) is 32.4 Å². The summed E-state index contributed by atoms with van der Waals surface area (Å²) in [5, 5.41) is 3.79. The number of nitrogens with one attached hydrogen (secondary N) is 1. The van der Waals surface area contributed by atoms with Crippen molar-refractivity contribution < 1.29 is 9.47 Å². The zero-order valence-corrected chi connectivity index (χ0v) is 12.3. The van der Waals surface area contributed by atoms with Crippen molar-refractivity contribution in [2.75, 3.05) is 26.4 Å². The van der Waals surface area contributed by atoms with Crippen molar-refractivity contribution in [1.29, 1.82) is 0 Å². The number of fused-ring (bicyclic) bond motifs is 1. The van der Waals surface area contributed by atoms with E-state index in [9.17, 15) is 0 Å². The van der Waals surface area contributed by atoms with Crippen molar-refractivity contribution in [3.63, 3.8) is 0 Å². The van der Waals surface area contributed by atoms with Gasteiger partial charge in [0.2, 0.25) is 0 Å². The van der Waals surface area contributed by atoms with Crippen molar-refractivity contribution in [2.24, 2.45) is 5.92 Å². The first-order chi connectivity index (χ1) is 9.90. The van der Waals surface area contributed by atoms with E-state index in [2.05, 4.69) is 36.5 Å². The molecule has 3 unspecified atom stereocenters. The number of hydrogen-bond donors (Lipinski definition) is 1. The number of benzene rings is 1. The molecule has 1 saturated heterocycles. The smallest absolute Gasteiger partial charge is 0.122 e. The molecule has 1 N–H and O–H groups in total. The highest BCUT2D eigenvalue weighted by atomic mass is 16.5. The Kier molecular flexibility index (Phi) is 4.58. The van der Waals surface area contributed by atoms with Crippen molar-refractivity contribution >= 4 is 0 Å². The molecule has 0 aliphatic carbocycles. The predicted octanol–water partition coefficient (Wildman–Crippen LogP) is 2.96. The number of para-hydroxylation sites is 1. The van der Waals surface area contributed by atoms with Gasteiger partial charge in [0.25, 0.3) is 0 Å². The minimum absolute atomic E-state index is 0.516. The molecule has 1 aromatic carbocycles. The van der Waals surface area contributed by atoms with Gasteiger partial charge in [-0.25, -0.2) is 0 Å². The molecule has 110 valence electrons. The molecule has 3 nitrogen and oxygen atoms in total. The summed E-state index contributed by atoms with van der Waals surface area (Å²) < 4.78 is 11.4. The minimum Gasteiger partial charge on any atom is -0.493 e. The molecule has 3 heteroatoms. The first-order valence-electron chi connectivity index (χ1n) is 7.93. The maximum atomic E-state index is 5.81. The lowest BCUT2D eigenvalue weighted by Crippen LogP contribution is -2.43. The van der Waals surface area contributed by atoms with Crippen LogP contribution in [0.3, 0.4) is 0 Å². The van der Waals surface area contributed by atoms with Gasteiger partial charge in [-0.05, 0) is 37.4 Å². The largest absolute Gasteiger partial charge is 0.493 e. The SMILES string of the molecule is CCCNC(C1CCOC1)C1CCOc2ccccc21. The summed E-state index contributed by atoms with van der Waals surface area (Å²) in [6, 6.07) is 9.04. The molecule has 2 aliphatic heterocycles. The Balaban J connectivity index is 1.83. The minimum atomic E-state index is 0.516. The monoisotopic (exact) mass is 275 g/mol. The lowest BCUT2D eigenvalue weighted by Gasteiger charge is -2.36. The van der Waals surface area contributed by atoms with E-state index in [1.807, 2.05) is 0 Å². The average Bonchev–Trinajstić information content (AvgIpc) is 3.02. The van der Waals surface area contributed by atoms with Gasteiger partial charge < -0.3 is 14.8 Å². The standard InChI is InChI=1S/C17H25NO2/c1-2-9-18-17(13-7-10-19-12-13)15-8-11-20-16-6-4-3-5-14(15)16/h3-6,13,15,17-18H,2,7-12H2,1H3. The second kappa shape index (κ2) is 6.59. The second-order valence-corrected chi connectivity index (χ2v) is 5.89. The van der Waals surface area contributed by atoms with Crippen molar-refractivity contribution in [3.8, 4) is 5.75 Å². The molecule has 0 amide bonds. The Morgan fingerprint density at radius 1 is 1.25 bits per heavy atom. The third kappa shape index (κ3) is 2.84. The molecular formula is C17H25NO2. The second-order valence-electron chi connectivity index (χ2n) is 5.89. The average molecular weight is 275 g/mol. The van der Waals surface area contributed by atoms with E-state index in [1.165, 1.54) is 18.4 Å². The van der Waals surface area contributed by atoms with Gasteiger partial charge in [-0.1, -0.05) is 25.1 Å². The van der Waals surface area contributed by atoms with Crippen LogP contribution in [0.2, 0.25) is 0 Å². The van der Waals surface area contributed by atoms with Crippen LogP contribution in [0.25, 0.3) is 0 Å². The van der Waals surface area contributed by atoms with Crippen LogP contribution >= 0.6 is 0 Å². The maximum absolute atomic E-state index is 5.81. The van der Waals surface area contributed by atoms with Gasteiger partial charge in [-0.15, -0.1) is 0 Å². The van der Waals surface area contributed by atoms with Gasteiger partial charge in [0.15, 0.2) is 0 Å². The lowest BCUT2D eigenvalue weighted by atomic mass is 9.80. The van der Waals surface area contributed by atoms with E-state index >= 15 is 0 Å². The Morgan fingerprint density at radius 2 is 2.15 bits per heavy atom. The fourth-order valence-electron chi connectivity index (χ4n) is 3.53. The normalized spacial score (nSPS) is 26.9. The van der Waals surface area contributed by atoms with E-state index in [-0.39, 0.29) is 0 Å². The Morgan fingerprint density at radius 3 is 2.95 bits per heavy atom. The molecular weight excluding hydrogens is 250 g/mol. The Labute approximate surface area is 121 Å². The van der Waals surface area contributed by atoms with E-state index in [4.69, 9.17) is 9.47 Å². The fourth-order valence-corrected chi connectivity index (χ4v) is 3.53. The van der Waals surface area contributed by atoms with E-state index in [1.54, 1.807) is 0 Å². The van der Waals surface area contributed by atoms with Crippen molar-refractivity contribution in [3.05, 3.63) is 29.8 Å². The van der Waals surface area contributed by atoms with Crippen LogP contribution in [0.15, 0.2) is 24.3 Å². The maximum Gasteiger partial charge on any atom is 0.122 e. The fraction of sp³-hybridized carbons (Fsp3) is 0.647. The van der Waals surface area contributed by atoms with Gasteiger partial charge in [0.05, 0.1) is 13.2 Å². The van der Waals surface area contributed by atoms with Crippen molar-refractivity contribution in [1.82, 2.24) is 5.32 Å². The van der Waals surface area contributed by atoms with Crippen LogP contribution in [0.1, 0.15) is 37.7 Å². The highest BCUT2D eigenvalue weighted by Crippen LogP contribution is 2.39. The summed E-state index contributed by atoms with van der Waals surface area (Å²) in [7, 11) is 0. The number of rotatable bonds is 5. The molecule has 2 aliphatic rings. The molecule has 0 bridgehead atoms. The quantitative estimate of drug-likeness (QED) is 0.896. The summed E-state index contributed by atoms with van der Waals surface area (Å²) in [6.45, 7) is 5.97. The predicted molar refractivity (Wildman–Crippen MR) is 80.3 cm³/mol. The molecule has 1 fully saturated rings. The molecule has 20 heavy (non-hydrogen) atoms. The van der Waals surface area contributed by atoms with Crippen LogP contribution in [0.4, 0.5) is 0 Å². The van der Waals surface area contributed by atoms with E-state index in [0.29, 0.717) is 17.9 Å². The van der Waals surface area contributed by atoms with Crippen molar-refractivity contribution in [2.45, 2.75) is 38.1 Å². The number of hydrogen-bond acceptors (Lipinski definition) is 3. The highest BCUT2D eigenvalue weighted by Gasteiger charge is 2.35. The molecule has 0 spiro atoms. The first-order valence-corrected chi connectivity index (χ1v) is 7.93. The topological polar surface area (TPSA) is 30.5 Å². The molecule has 0 saturated carbocycles. The van der Waals surface area contributed by atoms with Crippen LogP contribution < -0.4 is 10.1 Å². The zero-order valence-electron chi connectivity index (χ0n) is 12.3. The van der Waals surface area contributed by atoms with Crippen LogP contribution in [0, 0.1) is 5.92 Å². The van der Waals surface area contributed by atoms with E-state index < -0.39 is 0 Å². The number of ether oxygens (including phenoxy) is 2. The Bertz CT molecular complexity index is 429.